The topological polar surface area (TPSA) is 83.8 Å². The van der Waals surface area contributed by atoms with Crippen molar-refractivity contribution in [2.24, 2.45) is 0 Å². The number of nitrogen functional groups attached to an aromatic ring is 1. The van der Waals surface area contributed by atoms with E-state index in [-0.39, 0.29) is 5.91 Å². The highest BCUT2D eigenvalue weighted by Gasteiger charge is 2.30. The van der Waals surface area contributed by atoms with E-state index in [1.807, 2.05) is 11.8 Å². The second-order valence-corrected chi connectivity index (χ2v) is 6.43. The molecule has 1 unspecified atom stereocenters. The van der Waals surface area contributed by atoms with Gasteiger partial charge in [0.05, 0.1) is 11.4 Å². The summed E-state index contributed by atoms with van der Waals surface area (Å²) in [5.74, 6) is 1.55. The predicted molar refractivity (Wildman–Crippen MR) is 72.8 cm³/mol. The minimum Gasteiger partial charge on any atom is -0.395 e. The molecule has 2 heterocycles. The Hall–Kier alpha value is -1.17. The van der Waals surface area contributed by atoms with E-state index in [1.165, 1.54) is 18.6 Å². The molecule has 1 aliphatic carbocycles. The molecule has 1 aromatic heterocycles. The van der Waals surface area contributed by atoms with E-state index < -0.39 is 0 Å². The van der Waals surface area contributed by atoms with E-state index in [2.05, 4.69) is 15.5 Å². The summed E-state index contributed by atoms with van der Waals surface area (Å²) in [6.07, 6.45) is 4.73. The first kappa shape index (κ1) is 11.9. The molecule has 2 aliphatic rings. The van der Waals surface area contributed by atoms with Crippen molar-refractivity contribution in [1.82, 2.24) is 15.5 Å². The Labute approximate surface area is 110 Å². The second-order valence-electron chi connectivity index (χ2n) is 5.02. The zero-order valence-electron chi connectivity index (χ0n) is 10.2. The molecule has 5 nitrogen and oxygen atoms in total. The maximum absolute atomic E-state index is 12.0. The number of thioether (sulfide) groups is 1. The van der Waals surface area contributed by atoms with Gasteiger partial charge in [0.2, 0.25) is 0 Å². The summed E-state index contributed by atoms with van der Waals surface area (Å²) in [5.41, 5.74) is 7.81. The highest BCUT2D eigenvalue weighted by Crippen LogP contribution is 2.42. The standard InChI is InChI=1S/C12H18N4OS/c13-9-10(7-3-4-7)15-16-11(9)12(17)14-6-8-2-1-5-18-8/h7-8H,1-6,13H2,(H,14,17)(H,15,16). The molecular weight excluding hydrogens is 248 g/mol. The van der Waals surface area contributed by atoms with Gasteiger partial charge in [0.25, 0.3) is 5.91 Å². The van der Waals surface area contributed by atoms with Crippen molar-refractivity contribution < 1.29 is 4.79 Å². The number of anilines is 1. The van der Waals surface area contributed by atoms with Crippen LogP contribution in [0.15, 0.2) is 0 Å². The summed E-state index contributed by atoms with van der Waals surface area (Å²) in [6.45, 7) is 0.717. The first-order chi connectivity index (χ1) is 8.75. The summed E-state index contributed by atoms with van der Waals surface area (Å²) >= 11 is 1.93. The molecule has 3 rings (SSSR count). The maximum Gasteiger partial charge on any atom is 0.273 e. The van der Waals surface area contributed by atoms with Crippen LogP contribution in [0.3, 0.4) is 0 Å². The number of aromatic nitrogens is 2. The number of amides is 1. The molecule has 4 N–H and O–H groups in total. The molecule has 0 spiro atoms. The smallest absolute Gasteiger partial charge is 0.273 e. The molecule has 1 atom stereocenters. The summed E-state index contributed by atoms with van der Waals surface area (Å²) in [7, 11) is 0. The number of hydrogen-bond acceptors (Lipinski definition) is 4. The highest BCUT2D eigenvalue weighted by atomic mass is 32.2. The molecule has 0 radical (unpaired) electrons. The Morgan fingerprint density at radius 1 is 1.50 bits per heavy atom. The number of nitrogens with two attached hydrogens (primary N) is 1. The number of rotatable bonds is 4. The van der Waals surface area contributed by atoms with Crippen LogP contribution < -0.4 is 11.1 Å². The van der Waals surface area contributed by atoms with Gasteiger partial charge in [-0.3, -0.25) is 9.89 Å². The SMILES string of the molecule is Nc1c(C(=O)NCC2CCCS2)n[nH]c1C1CC1. The molecule has 0 aromatic carbocycles. The van der Waals surface area contributed by atoms with Gasteiger partial charge >= 0.3 is 0 Å². The third-order valence-electron chi connectivity index (χ3n) is 3.55. The minimum absolute atomic E-state index is 0.150. The van der Waals surface area contributed by atoms with Crippen LogP contribution in [0.2, 0.25) is 0 Å². The van der Waals surface area contributed by atoms with Crippen LogP contribution in [0.4, 0.5) is 5.69 Å². The fourth-order valence-corrected chi connectivity index (χ4v) is 3.52. The third kappa shape index (κ3) is 2.34. The fourth-order valence-electron chi connectivity index (χ4n) is 2.32. The van der Waals surface area contributed by atoms with Crippen molar-refractivity contribution in [3.8, 4) is 0 Å². The Morgan fingerprint density at radius 3 is 3.00 bits per heavy atom. The molecule has 2 fully saturated rings. The molecule has 6 heteroatoms. The minimum atomic E-state index is -0.150. The van der Waals surface area contributed by atoms with Crippen molar-refractivity contribution in [3.63, 3.8) is 0 Å². The van der Waals surface area contributed by atoms with E-state index in [1.54, 1.807) is 0 Å². The predicted octanol–water partition coefficient (Wildman–Crippen LogP) is 1.49. The highest BCUT2D eigenvalue weighted by molar-refractivity contribution is 8.00. The fraction of sp³-hybridized carbons (Fsp3) is 0.667. The number of H-pyrrole nitrogens is 1. The van der Waals surface area contributed by atoms with E-state index >= 15 is 0 Å². The van der Waals surface area contributed by atoms with Gasteiger partial charge < -0.3 is 11.1 Å². The van der Waals surface area contributed by atoms with Crippen molar-refractivity contribution in [2.45, 2.75) is 36.9 Å². The number of nitrogens with one attached hydrogen (secondary N) is 2. The van der Waals surface area contributed by atoms with E-state index in [4.69, 9.17) is 5.73 Å². The molecule has 1 amide bonds. The van der Waals surface area contributed by atoms with Crippen molar-refractivity contribution in [1.29, 1.82) is 0 Å². The van der Waals surface area contributed by atoms with Crippen LogP contribution in [0.5, 0.6) is 0 Å². The molecule has 1 saturated heterocycles. The zero-order chi connectivity index (χ0) is 12.5. The van der Waals surface area contributed by atoms with Crippen LogP contribution in [-0.4, -0.2) is 33.7 Å². The molecule has 0 bridgehead atoms. The summed E-state index contributed by atoms with van der Waals surface area (Å²) in [4.78, 5) is 12.0. The van der Waals surface area contributed by atoms with E-state index in [0.29, 0.717) is 29.1 Å². The Bertz CT molecular complexity index is 449. The average Bonchev–Trinajstić information content (AvgIpc) is 2.93. The van der Waals surface area contributed by atoms with Gasteiger partial charge in [-0.2, -0.15) is 16.9 Å². The van der Waals surface area contributed by atoms with Crippen LogP contribution >= 0.6 is 11.8 Å². The number of aromatic amines is 1. The Morgan fingerprint density at radius 2 is 2.33 bits per heavy atom. The summed E-state index contributed by atoms with van der Waals surface area (Å²) in [6, 6.07) is 0. The summed E-state index contributed by atoms with van der Waals surface area (Å²) in [5, 5.41) is 10.4. The van der Waals surface area contributed by atoms with Crippen molar-refractivity contribution in [2.75, 3.05) is 18.0 Å². The van der Waals surface area contributed by atoms with Crippen LogP contribution in [0, 0.1) is 0 Å². The molecule has 1 saturated carbocycles. The normalized spacial score (nSPS) is 23.2. The van der Waals surface area contributed by atoms with Gasteiger partial charge in [-0.05, 0) is 31.4 Å². The molecule has 18 heavy (non-hydrogen) atoms. The second kappa shape index (κ2) is 4.84. The largest absolute Gasteiger partial charge is 0.395 e. The third-order valence-corrected chi connectivity index (χ3v) is 4.95. The van der Waals surface area contributed by atoms with E-state index in [9.17, 15) is 4.79 Å². The van der Waals surface area contributed by atoms with Gasteiger partial charge in [-0.15, -0.1) is 0 Å². The number of nitrogens with zero attached hydrogens (tertiary/aromatic N) is 1. The lowest BCUT2D eigenvalue weighted by Gasteiger charge is -2.09. The number of hydrogen-bond donors (Lipinski definition) is 3. The lowest BCUT2D eigenvalue weighted by Crippen LogP contribution is -2.30. The van der Waals surface area contributed by atoms with Crippen molar-refractivity contribution in [3.05, 3.63) is 11.4 Å². The van der Waals surface area contributed by atoms with Gasteiger partial charge in [0.15, 0.2) is 5.69 Å². The molecule has 98 valence electrons. The Kier molecular flexibility index (Phi) is 3.20. The number of carbonyl (C=O) groups excluding carboxylic acids is 1. The average molecular weight is 266 g/mol. The first-order valence-corrected chi connectivity index (χ1v) is 7.54. The van der Waals surface area contributed by atoms with E-state index in [0.717, 1.165) is 18.5 Å². The van der Waals surface area contributed by atoms with Crippen LogP contribution in [-0.2, 0) is 0 Å². The molecular formula is C12H18N4OS. The zero-order valence-corrected chi connectivity index (χ0v) is 11.1. The quantitative estimate of drug-likeness (QED) is 0.771. The van der Waals surface area contributed by atoms with Gasteiger partial charge in [-0.25, -0.2) is 0 Å². The maximum atomic E-state index is 12.0. The number of carbonyl (C=O) groups is 1. The van der Waals surface area contributed by atoms with Crippen LogP contribution in [0.25, 0.3) is 0 Å². The summed E-state index contributed by atoms with van der Waals surface area (Å²) < 4.78 is 0. The van der Waals surface area contributed by atoms with Gasteiger partial charge in [0, 0.05) is 17.7 Å². The molecule has 1 aromatic rings. The monoisotopic (exact) mass is 266 g/mol. The van der Waals surface area contributed by atoms with Crippen molar-refractivity contribution >= 4 is 23.4 Å². The Balaban J connectivity index is 1.60. The van der Waals surface area contributed by atoms with Crippen LogP contribution in [0.1, 0.15) is 47.8 Å². The first-order valence-electron chi connectivity index (χ1n) is 6.49. The lowest BCUT2D eigenvalue weighted by molar-refractivity contribution is 0.0949. The lowest BCUT2D eigenvalue weighted by atomic mass is 10.2. The molecule has 1 aliphatic heterocycles. The van der Waals surface area contributed by atoms with Gasteiger partial charge in [-0.1, -0.05) is 0 Å². The van der Waals surface area contributed by atoms with Gasteiger partial charge in [0.1, 0.15) is 0 Å².